The number of ether oxygens (including phenoxy) is 2. The van der Waals surface area contributed by atoms with Gasteiger partial charge >= 0.3 is 5.97 Å². The average molecular weight is 609 g/mol. The summed E-state index contributed by atoms with van der Waals surface area (Å²) in [5.41, 5.74) is 0. The van der Waals surface area contributed by atoms with Crippen LogP contribution in [0, 0.1) is 23.7 Å². The number of hydrogen-bond acceptors (Lipinski definition) is 7. The molecule has 0 aromatic rings. The number of likely N-dealkylation sites (tertiary alicyclic amines) is 2. The Kier molecular flexibility index (Phi) is 12.4. The van der Waals surface area contributed by atoms with Gasteiger partial charge in [-0.2, -0.15) is 0 Å². The summed E-state index contributed by atoms with van der Waals surface area (Å²) in [6.45, 7) is 10.1. The third-order valence-electron chi connectivity index (χ3n) is 10.6. The second-order valence-electron chi connectivity index (χ2n) is 13.5. The Morgan fingerprint density at radius 3 is 2.23 bits per heavy atom. The second-order valence-corrected chi connectivity index (χ2v) is 13.5. The Labute approximate surface area is 258 Å². The van der Waals surface area contributed by atoms with Crippen LogP contribution in [0.1, 0.15) is 79.6 Å². The molecule has 2 heterocycles. The minimum Gasteiger partial charge on any atom is -0.481 e. The molecule has 2 aliphatic heterocycles. The van der Waals surface area contributed by atoms with Crippen molar-refractivity contribution in [1.29, 1.82) is 0 Å². The summed E-state index contributed by atoms with van der Waals surface area (Å²) in [5.74, 6) is -1.93. The van der Waals surface area contributed by atoms with Gasteiger partial charge in [0.25, 0.3) is 0 Å². The molecule has 3 fully saturated rings. The fourth-order valence-electron chi connectivity index (χ4n) is 7.88. The van der Waals surface area contributed by atoms with E-state index in [1.165, 1.54) is 7.11 Å². The zero-order valence-electron chi connectivity index (χ0n) is 27.7. The lowest BCUT2D eigenvalue weighted by molar-refractivity contribution is -0.152. The van der Waals surface area contributed by atoms with E-state index in [-0.39, 0.29) is 48.1 Å². The number of nitrogens with one attached hydrogen (secondary N) is 1. The molecule has 0 radical (unpaired) electrons. The molecule has 3 aliphatic rings. The van der Waals surface area contributed by atoms with Crippen LogP contribution < -0.4 is 5.32 Å². The Hall–Kier alpha value is -2.24. The molecule has 11 nitrogen and oxygen atoms in total. The Balaban J connectivity index is 1.77. The van der Waals surface area contributed by atoms with Crippen LogP contribution >= 0.6 is 0 Å². The number of fused-ring (bicyclic) bond motifs is 2. The van der Waals surface area contributed by atoms with E-state index in [2.05, 4.69) is 10.2 Å². The van der Waals surface area contributed by atoms with Gasteiger partial charge in [0.1, 0.15) is 6.04 Å². The number of carbonyl (C=O) groups excluding carboxylic acids is 3. The number of likely N-dealkylation sites (N-methyl/N-ethyl adjacent to an activating group) is 2. The number of piperidine rings is 1. The van der Waals surface area contributed by atoms with Crippen molar-refractivity contribution in [1.82, 2.24) is 20.0 Å². The number of carbonyl (C=O) groups is 4. The van der Waals surface area contributed by atoms with Gasteiger partial charge in [-0.3, -0.25) is 24.1 Å². The first kappa shape index (κ1) is 35.2. The lowest BCUT2D eigenvalue weighted by atomic mass is 9.89. The van der Waals surface area contributed by atoms with Crippen molar-refractivity contribution in [3.8, 4) is 0 Å². The largest absolute Gasteiger partial charge is 0.481 e. The SMILES string of the molecule is CC[C@H](C)[C@@H]([C@@H](CC(=O)N1CCCC1[C@H](OC)[C@@H](C)C(=O)O)OC)N(C)C(=O)C(NC(=O)[C@@H]1[C@H]2CC[C@H](C2)N1C)C(C)C. The first-order valence-corrected chi connectivity index (χ1v) is 16.2. The van der Waals surface area contributed by atoms with E-state index in [0.29, 0.717) is 24.9 Å². The molecular formula is C32H56N4O7. The zero-order valence-corrected chi connectivity index (χ0v) is 27.7. The van der Waals surface area contributed by atoms with Crippen LogP contribution in [0.2, 0.25) is 0 Å². The molecule has 246 valence electrons. The molecule has 0 aromatic carbocycles. The predicted molar refractivity (Wildman–Crippen MR) is 163 cm³/mol. The molecule has 3 amide bonds. The van der Waals surface area contributed by atoms with Gasteiger partial charge in [-0.1, -0.05) is 34.1 Å². The molecule has 0 spiro atoms. The van der Waals surface area contributed by atoms with Crippen molar-refractivity contribution in [2.45, 2.75) is 122 Å². The van der Waals surface area contributed by atoms with Crippen molar-refractivity contribution in [2.75, 3.05) is 34.9 Å². The number of aliphatic carboxylic acids is 1. The van der Waals surface area contributed by atoms with Gasteiger partial charge in [-0.05, 0) is 63.8 Å². The molecule has 2 unspecified atom stereocenters. The molecule has 2 N–H and O–H groups in total. The average Bonchev–Trinajstić information content (AvgIpc) is 3.72. The van der Waals surface area contributed by atoms with E-state index in [0.717, 1.165) is 32.1 Å². The summed E-state index contributed by atoms with van der Waals surface area (Å²) < 4.78 is 11.5. The van der Waals surface area contributed by atoms with Gasteiger partial charge in [0, 0.05) is 33.9 Å². The fraction of sp³-hybridized carbons (Fsp3) is 0.875. The van der Waals surface area contributed by atoms with Crippen LogP contribution in [0.15, 0.2) is 0 Å². The van der Waals surface area contributed by atoms with Crippen molar-refractivity contribution in [3.63, 3.8) is 0 Å². The lowest BCUT2D eigenvalue weighted by Gasteiger charge is -2.41. The fourth-order valence-corrected chi connectivity index (χ4v) is 7.88. The van der Waals surface area contributed by atoms with E-state index in [4.69, 9.17) is 9.47 Å². The van der Waals surface area contributed by atoms with Crippen LogP contribution in [0.25, 0.3) is 0 Å². The Bertz CT molecular complexity index is 991. The summed E-state index contributed by atoms with van der Waals surface area (Å²) in [7, 11) is 6.80. The summed E-state index contributed by atoms with van der Waals surface area (Å²) in [6.07, 6.45) is 4.24. The summed E-state index contributed by atoms with van der Waals surface area (Å²) >= 11 is 0. The summed E-state index contributed by atoms with van der Waals surface area (Å²) in [4.78, 5) is 58.6. The number of carboxylic acids is 1. The van der Waals surface area contributed by atoms with Crippen molar-refractivity contribution in [3.05, 3.63) is 0 Å². The molecule has 11 heteroatoms. The highest BCUT2D eigenvalue weighted by Gasteiger charge is 2.48. The number of carboxylic acid groups (broad SMARTS) is 1. The van der Waals surface area contributed by atoms with E-state index in [1.54, 1.807) is 30.9 Å². The molecular weight excluding hydrogens is 552 g/mol. The highest BCUT2D eigenvalue weighted by molar-refractivity contribution is 5.90. The van der Waals surface area contributed by atoms with Crippen LogP contribution in [-0.2, 0) is 28.7 Å². The summed E-state index contributed by atoms with van der Waals surface area (Å²) in [5, 5.41) is 12.7. The Morgan fingerprint density at radius 2 is 1.72 bits per heavy atom. The Morgan fingerprint density at radius 1 is 1.05 bits per heavy atom. The van der Waals surface area contributed by atoms with Crippen LogP contribution in [-0.4, -0.2) is 121 Å². The highest BCUT2D eigenvalue weighted by Crippen LogP contribution is 2.41. The highest BCUT2D eigenvalue weighted by atomic mass is 16.5. The predicted octanol–water partition coefficient (Wildman–Crippen LogP) is 2.61. The molecule has 1 saturated carbocycles. The van der Waals surface area contributed by atoms with Crippen molar-refractivity contribution in [2.24, 2.45) is 23.7 Å². The first-order valence-electron chi connectivity index (χ1n) is 16.2. The van der Waals surface area contributed by atoms with E-state index >= 15 is 0 Å². The molecule has 1 aliphatic carbocycles. The normalized spacial score (nSPS) is 27.9. The number of hydrogen-bond donors (Lipinski definition) is 2. The third-order valence-corrected chi connectivity index (χ3v) is 10.6. The standard InChI is InChI=1S/C32H56N4O7/c1-10-19(4)27(24(42-8)17-25(37)36-15-11-12-23(36)29(43-9)20(5)32(40)41)35(7)31(39)26(18(2)3)33-30(38)28-21-13-14-22(16-21)34(28)6/h18-24,26-29H,10-17H2,1-9H3,(H,33,38)(H,40,41)/t19-,20+,21-,22+,23?,24+,26?,27-,28-,29+/m0/s1. The summed E-state index contributed by atoms with van der Waals surface area (Å²) in [6, 6.07) is -1.22. The first-order chi connectivity index (χ1) is 20.3. The number of amides is 3. The topological polar surface area (TPSA) is 129 Å². The van der Waals surface area contributed by atoms with E-state index in [9.17, 15) is 24.3 Å². The van der Waals surface area contributed by atoms with Gasteiger partial charge < -0.3 is 29.7 Å². The van der Waals surface area contributed by atoms with Crippen LogP contribution in [0.4, 0.5) is 0 Å². The van der Waals surface area contributed by atoms with Gasteiger partial charge in [0.2, 0.25) is 17.7 Å². The monoisotopic (exact) mass is 608 g/mol. The maximum Gasteiger partial charge on any atom is 0.308 e. The van der Waals surface area contributed by atoms with Crippen LogP contribution in [0.3, 0.4) is 0 Å². The molecule has 2 saturated heterocycles. The quantitative estimate of drug-likeness (QED) is 0.290. The zero-order chi connectivity index (χ0) is 32.2. The minimum absolute atomic E-state index is 0.0139. The molecule has 43 heavy (non-hydrogen) atoms. The minimum atomic E-state index is -0.961. The number of methoxy groups -OCH3 is 2. The smallest absolute Gasteiger partial charge is 0.308 e. The van der Waals surface area contributed by atoms with Gasteiger partial charge in [0.15, 0.2) is 0 Å². The number of nitrogens with zero attached hydrogens (tertiary/aromatic N) is 3. The lowest BCUT2D eigenvalue weighted by Crippen LogP contribution is -2.60. The molecule has 3 rings (SSSR count). The molecule has 10 atom stereocenters. The molecule has 2 bridgehead atoms. The maximum atomic E-state index is 14.1. The van der Waals surface area contributed by atoms with Crippen molar-refractivity contribution >= 4 is 23.7 Å². The maximum absolute atomic E-state index is 14.1. The third kappa shape index (κ3) is 7.53. The number of rotatable bonds is 15. The van der Waals surface area contributed by atoms with E-state index < -0.39 is 36.2 Å². The van der Waals surface area contributed by atoms with Gasteiger partial charge in [-0.15, -0.1) is 0 Å². The van der Waals surface area contributed by atoms with E-state index in [1.807, 2.05) is 34.7 Å². The molecule has 0 aromatic heterocycles. The van der Waals surface area contributed by atoms with Gasteiger partial charge in [-0.25, -0.2) is 0 Å². The van der Waals surface area contributed by atoms with Crippen LogP contribution in [0.5, 0.6) is 0 Å². The second kappa shape index (κ2) is 15.2. The van der Waals surface area contributed by atoms with Gasteiger partial charge in [0.05, 0.1) is 42.7 Å². The van der Waals surface area contributed by atoms with Crippen molar-refractivity contribution < 1.29 is 33.8 Å².